The SMILES string of the molecule is O=C(NCCc1ccccc1)C1CC23C=CC1(O)C1Oc4c(O)ccc5c4C12CCN(CC1CC1)C3C5. The largest absolute Gasteiger partial charge is 0.504 e. The number of ether oxygens (including phenoxy) is 1. The minimum atomic E-state index is -1.41. The Kier molecular flexibility index (Phi) is 4.43. The Hall–Kier alpha value is -2.83. The van der Waals surface area contributed by atoms with Crippen molar-refractivity contribution in [1.29, 1.82) is 0 Å². The molecule has 2 aliphatic heterocycles. The Morgan fingerprint density at radius 3 is 2.78 bits per heavy atom. The molecule has 5 aliphatic carbocycles. The van der Waals surface area contributed by atoms with E-state index >= 15 is 0 Å². The van der Waals surface area contributed by atoms with E-state index in [4.69, 9.17) is 4.74 Å². The van der Waals surface area contributed by atoms with Crippen LogP contribution < -0.4 is 10.1 Å². The number of carbonyl (C=O) groups excluding carboxylic acids is 1. The van der Waals surface area contributed by atoms with Crippen molar-refractivity contribution in [1.82, 2.24) is 10.2 Å². The Morgan fingerprint density at radius 2 is 1.97 bits per heavy atom. The number of nitrogens with zero attached hydrogens (tertiary/aromatic N) is 1. The molecule has 0 radical (unpaired) electrons. The maximum Gasteiger partial charge on any atom is 0.226 e. The van der Waals surface area contributed by atoms with Gasteiger partial charge < -0.3 is 20.3 Å². The molecule has 2 aromatic rings. The van der Waals surface area contributed by atoms with Crippen molar-refractivity contribution in [3.8, 4) is 11.5 Å². The summed E-state index contributed by atoms with van der Waals surface area (Å²) in [6.07, 6.45) is 9.32. The van der Waals surface area contributed by atoms with Crippen LogP contribution in [-0.2, 0) is 23.1 Å². The molecule has 3 N–H and O–H groups in total. The fourth-order valence-electron chi connectivity index (χ4n) is 8.88. The van der Waals surface area contributed by atoms with Gasteiger partial charge in [0.05, 0.1) is 11.3 Å². The number of piperidine rings is 1. The van der Waals surface area contributed by atoms with Crippen LogP contribution >= 0.6 is 0 Å². The Morgan fingerprint density at radius 1 is 1.14 bits per heavy atom. The second-order valence-corrected chi connectivity index (χ2v) is 12.4. The van der Waals surface area contributed by atoms with Gasteiger partial charge in [-0.15, -0.1) is 0 Å². The zero-order valence-electron chi connectivity index (χ0n) is 21.0. The highest BCUT2D eigenvalue weighted by molar-refractivity contribution is 5.82. The summed E-state index contributed by atoms with van der Waals surface area (Å²) in [5, 5.41) is 26.3. The van der Waals surface area contributed by atoms with Gasteiger partial charge in [0, 0.05) is 30.1 Å². The van der Waals surface area contributed by atoms with E-state index in [1.807, 2.05) is 24.3 Å². The summed E-state index contributed by atoms with van der Waals surface area (Å²) >= 11 is 0. The number of amides is 1. The topological polar surface area (TPSA) is 82.0 Å². The van der Waals surface area contributed by atoms with Gasteiger partial charge in [-0.05, 0) is 68.2 Å². The van der Waals surface area contributed by atoms with E-state index < -0.39 is 23.0 Å². The summed E-state index contributed by atoms with van der Waals surface area (Å²) in [7, 11) is 0. The van der Waals surface area contributed by atoms with Gasteiger partial charge in [0.15, 0.2) is 11.5 Å². The molecule has 2 aromatic carbocycles. The first-order chi connectivity index (χ1) is 18.0. The van der Waals surface area contributed by atoms with Crippen molar-refractivity contribution in [2.45, 2.75) is 61.7 Å². The zero-order chi connectivity index (χ0) is 25.0. The lowest BCUT2D eigenvalue weighted by Crippen LogP contribution is -2.80. The molecule has 6 unspecified atom stereocenters. The molecule has 1 saturated heterocycles. The summed E-state index contributed by atoms with van der Waals surface area (Å²) in [5.74, 6) is 0.769. The highest BCUT2D eigenvalue weighted by Gasteiger charge is 2.79. The number of phenolic OH excluding ortho intramolecular Hbond substituents is 1. The number of benzene rings is 2. The monoisotopic (exact) mass is 498 g/mol. The number of aliphatic hydroxyl groups is 1. The van der Waals surface area contributed by atoms with Gasteiger partial charge in [-0.25, -0.2) is 0 Å². The molecule has 2 spiro atoms. The van der Waals surface area contributed by atoms with Crippen molar-refractivity contribution in [2.75, 3.05) is 19.6 Å². The van der Waals surface area contributed by atoms with E-state index in [2.05, 4.69) is 34.5 Å². The van der Waals surface area contributed by atoms with Crippen LogP contribution in [0, 0.1) is 17.3 Å². The minimum Gasteiger partial charge on any atom is -0.504 e. The van der Waals surface area contributed by atoms with Gasteiger partial charge in [-0.1, -0.05) is 48.6 Å². The molecule has 6 nitrogen and oxygen atoms in total. The summed E-state index contributed by atoms with van der Waals surface area (Å²) < 4.78 is 6.57. The summed E-state index contributed by atoms with van der Waals surface area (Å²) in [5.41, 5.74) is 1.39. The van der Waals surface area contributed by atoms with Gasteiger partial charge in [0.25, 0.3) is 0 Å². The van der Waals surface area contributed by atoms with E-state index in [0.29, 0.717) is 18.7 Å². The van der Waals surface area contributed by atoms with E-state index in [0.717, 1.165) is 43.8 Å². The Balaban J connectivity index is 1.19. The first-order valence-corrected chi connectivity index (χ1v) is 14.0. The molecule has 2 heterocycles. The van der Waals surface area contributed by atoms with Gasteiger partial charge >= 0.3 is 0 Å². The van der Waals surface area contributed by atoms with Crippen LogP contribution in [-0.4, -0.2) is 58.4 Å². The van der Waals surface area contributed by atoms with Crippen LogP contribution in [0.1, 0.15) is 42.4 Å². The normalized spacial score (nSPS) is 38.2. The van der Waals surface area contributed by atoms with Crippen molar-refractivity contribution in [3.63, 3.8) is 0 Å². The maximum absolute atomic E-state index is 13.7. The molecule has 0 aromatic heterocycles. The third-order valence-corrected chi connectivity index (χ3v) is 10.7. The molecule has 192 valence electrons. The first-order valence-electron chi connectivity index (χ1n) is 14.0. The Labute approximate surface area is 217 Å². The van der Waals surface area contributed by atoms with Crippen LogP contribution in [0.2, 0.25) is 0 Å². The zero-order valence-corrected chi connectivity index (χ0v) is 21.0. The summed E-state index contributed by atoms with van der Waals surface area (Å²) in [4.78, 5) is 16.4. The molecular weight excluding hydrogens is 464 g/mol. The number of carbonyl (C=O) groups is 1. The van der Waals surface area contributed by atoms with Gasteiger partial charge in [0.1, 0.15) is 11.7 Å². The molecule has 6 heteroatoms. The molecule has 6 atom stereocenters. The number of rotatable bonds is 6. The lowest BCUT2D eigenvalue weighted by atomic mass is 9.37. The van der Waals surface area contributed by atoms with E-state index in [-0.39, 0.29) is 23.1 Å². The van der Waals surface area contributed by atoms with Crippen LogP contribution in [0.3, 0.4) is 0 Å². The second-order valence-electron chi connectivity index (χ2n) is 12.4. The quantitative estimate of drug-likeness (QED) is 0.534. The number of phenols is 1. The van der Waals surface area contributed by atoms with Gasteiger partial charge in [-0.3, -0.25) is 9.69 Å². The number of likely N-dealkylation sites (tertiary alicyclic amines) is 1. The first kappa shape index (κ1) is 22.2. The second kappa shape index (κ2) is 7.39. The van der Waals surface area contributed by atoms with Gasteiger partial charge in [-0.2, -0.15) is 0 Å². The highest BCUT2D eigenvalue weighted by atomic mass is 16.5. The summed E-state index contributed by atoms with van der Waals surface area (Å²) in [6, 6.07) is 14.2. The average molecular weight is 499 g/mol. The van der Waals surface area contributed by atoms with E-state index in [9.17, 15) is 15.0 Å². The maximum atomic E-state index is 13.7. The number of fused-ring (bicyclic) bond motifs is 1. The van der Waals surface area contributed by atoms with Crippen molar-refractivity contribution in [3.05, 3.63) is 71.3 Å². The molecule has 1 amide bonds. The van der Waals surface area contributed by atoms with Crippen LogP contribution in [0.15, 0.2) is 54.6 Å². The smallest absolute Gasteiger partial charge is 0.226 e. The fourth-order valence-corrected chi connectivity index (χ4v) is 8.88. The number of aromatic hydroxyl groups is 1. The third-order valence-electron chi connectivity index (χ3n) is 10.7. The molecule has 4 bridgehead atoms. The fraction of sp³-hybridized carbons (Fsp3) is 0.516. The van der Waals surface area contributed by atoms with Gasteiger partial charge in [0.2, 0.25) is 5.91 Å². The van der Waals surface area contributed by atoms with Crippen molar-refractivity contribution >= 4 is 5.91 Å². The molecule has 9 rings (SSSR count). The van der Waals surface area contributed by atoms with Crippen LogP contribution in [0.4, 0.5) is 0 Å². The van der Waals surface area contributed by atoms with Crippen molar-refractivity contribution < 1.29 is 19.7 Å². The molecular formula is C31H34N2O4. The van der Waals surface area contributed by atoms with Crippen molar-refractivity contribution in [2.24, 2.45) is 17.3 Å². The molecule has 2 saturated carbocycles. The molecule has 7 aliphatic rings. The average Bonchev–Trinajstić information content (AvgIpc) is 3.64. The van der Waals surface area contributed by atoms with Crippen LogP contribution in [0.5, 0.6) is 11.5 Å². The number of hydrogen-bond acceptors (Lipinski definition) is 5. The van der Waals surface area contributed by atoms with E-state index in [1.54, 1.807) is 6.07 Å². The van der Waals surface area contributed by atoms with Crippen LogP contribution in [0.25, 0.3) is 0 Å². The summed E-state index contributed by atoms with van der Waals surface area (Å²) in [6.45, 7) is 2.61. The molecule has 37 heavy (non-hydrogen) atoms. The Bertz CT molecular complexity index is 1320. The number of nitrogens with one attached hydrogen (secondary N) is 1. The highest BCUT2D eigenvalue weighted by Crippen LogP contribution is 2.74. The number of hydrogen-bond donors (Lipinski definition) is 3. The third kappa shape index (κ3) is 2.75. The molecule has 3 fully saturated rings. The predicted molar refractivity (Wildman–Crippen MR) is 138 cm³/mol. The van der Waals surface area contributed by atoms with E-state index in [1.165, 1.54) is 24.0 Å². The lowest BCUT2D eigenvalue weighted by molar-refractivity contribution is -0.206. The lowest BCUT2D eigenvalue weighted by Gasteiger charge is -2.70. The standard InChI is InChI=1S/C31H34N2O4/c34-23-9-8-21-16-24-29-11-12-31(36,22(17-29)27(35)32-14-10-19-4-2-1-3-5-19)28-30(29,25(21)26(23)37-28)13-15-33(24)18-20-6-7-20/h1-5,8-9,11-12,20,22,24,28,34,36H,6-7,10,13-18H2,(H,32,35). The minimum absolute atomic E-state index is 0.0987. The predicted octanol–water partition coefficient (Wildman–Crippen LogP) is 3.10.